The van der Waals surface area contributed by atoms with Crippen LogP contribution in [-0.4, -0.2) is 30.4 Å². The number of aromatic nitrogens is 2. The Labute approximate surface area is 162 Å². The fraction of sp³-hybridized carbons (Fsp3) is 0.158. The minimum atomic E-state index is -3.51. The lowest BCUT2D eigenvalue weighted by Crippen LogP contribution is -2.24. The summed E-state index contributed by atoms with van der Waals surface area (Å²) in [5, 5.41) is 7.12. The van der Waals surface area contributed by atoms with Gasteiger partial charge < -0.3 is 5.32 Å². The van der Waals surface area contributed by atoms with Gasteiger partial charge in [-0.25, -0.2) is 8.42 Å². The third kappa shape index (κ3) is 4.75. The quantitative estimate of drug-likeness (QED) is 0.686. The largest absolute Gasteiger partial charge is 0.348 e. The van der Waals surface area contributed by atoms with Gasteiger partial charge in [-0.2, -0.15) is 5.10 Å². The van der Waals surface area contributed by atoms with Gasteiger partial charge in [-0.05, 0) is 35.4 Å². The summed E-state index contributed by atoms with van der Waals surface area (Å²) in [6.45, 7) is 0.908. The molecule has 140 valence electrons. The maximum atomic E-state index is 12.5. The van der Waals surface area contributed by atoms with Crippen molar-refractivity contribution in [2.24, 2.45) is 0 Å². The molecule has 1 N–H and O–H groups in total. The average molecular weight is 404 g/mol. The Morgan fingerprint density at radius 2 is 1.89 bits per heavy atom. The summed E-state index contributed by atoms with van der Waals surface area (Å²) in [7, 11) is -3.51. The predicted molar refractivity (Wildman–Crippen MR) is 104 cm³/mol. The number of carbonyl (C=O) groups excluding carboxylic acids is 1. The van der Waals surface area contributed by atoms with Crippen LogP contribution in [0, 0.1) is 0 Å². The number of nitrogens with one attached hydrogen (secondary N) is 1. The Bertz CT molecular complexity index is 1060. The fourth-order valence-electron chi connectivity index (χ4n) is 2.66. The maximum Gasteiger partial charge on any atom is 0.251 e. The molecule has 0 fully saturated rings. The first-order chi connectivity index (χ1) is 12.8. The molecule has 0 unspecified atom stereocenters. The molecule has 8 heteroatoms. The lowest BCUT2D eigenvalue weighted by atomic mass is 10.1. The molecule has 0 bridgehead atoms. The minimum absolute atomic E-state index is 0.0594. The van der Waals surface area contributed by atoms with Gasteiger partial charge in [-0.1, -0.05) is 35.9 Å². The van der Waals surface area contributed by atoms with Crippen LogP contribution in [-0.2, 0) is 22.9 Å². The first-order valence-electron chi connectivity index (χ1n) is 8.16. The number of amides is 1. The van der Waals surface area contributed by atoms with E-state index in [-0.39, 0.29) is 21.4 Å². The SMILES string of the molecule is CS(=O)(=O)c1cc(C(=O)NCc2ccccc2Cn2cccn2)ccc1Cl. The van der Waals surface area contributed by atoms with Crippen molar-refractivity contribution in [3.05, 3.63) is 82.6 Å². The molecule has 0 aliphatic rings. The van der Waals surface area contributed by atoms with E-state index >= 15 is 0 Å². The summed E-state index contributed by atoms with van der Waals surface area (Å²) in [6, 6.07) is 13.8. The lowest BCUT2D eigenvalue weighted by molar-refractivity contribution is 0.0950. The molecular weight excluding hydrogens is 386 g/mol. The molecule has 3 aromatic rings. The molecule has 27 heavy (non-hydrogen) atoms. The second-order valence-electron chi connectivity index (χ2n) is 6.07. The van der Waals surface area contributed by atoms with Crippen LogP contribution in [0.1, 0.15) is 21.5 Å². The molecule has 0 atom stereocenters. The molecule has 0 saturated heterocycles. The van der Waals surface area contributed by atoms with Gasteiger partial charge in [-0.15, -0.1) is 0 Å². The van der Waals surface area contributed by atoms with Gasteiger partial charge >= 0.3 is 0 Å². The van der Waals surface area contributed by atoms with Gasteiger partial charge in [0.15, 0.2) is 9.84 Å². The van der Waals surface area contributed by atoms with Crippen LogP contribution < -0.4 is 5.32 Å². The number of sulfone groups is 1. The van der Waals surface area contributed by atoms with Crippen LogP contribution in [0.2, 0.25) is 5.02 Å². The van der Waals surface area contributed by atoms with E-state index < -0.39 is 9.84 Å². The van der Waals surface area contributed by atoms with Crippen molar-refractivity contribution >= 4 is 27.3 Å². The van der Waals surface area contributed by atoms with E-state index in [0.29, 0.717) is 13.1 Å². The van der Waals surface area contributed by atoms with Gasteiger partial charge in [0.2, 0.25) is 0 Å². The zero-order valence-electron chi connectivity index (χ0n) is 14.6. The second-order valence-corrected chi connectivity index (χ2v) is 8.46. The van der Waals surface area contributed by atoms with Crippen molar-refractivity contribution in [1.82, 2.24) is 15.1 Å². The van der Waals surface area contributed by atoms with E-state index in [9.17, 15) is 13.2 Å². The lowest BCUT2D eigenvalue weighted by Gasteiger charge is -2.12. The standard InChI is InChI=1S/C19H18ClN3O3S/c1-27(25,26)18-11-14(7-8-17(18)20)19(24)21-12-15-5-2-3-6-16(15)13-23-10-4-9-22-23/h2-11H,12-13H2,1H3,(H,21,24). The van der Waals surface area contributed by atoms with Crippen LogP contribution >= 0.6 is 11.6 Å². The number of halogens is 1. The molecule has 3 rings (SSSR count). The van der Waals surface area contributed by atoms with Gasteiger partial charge in [0.1, 0.15) is 0 Å². The minimum Gasteiger partial charge on any atom is -0.348 e. The van der Waals surface area contributed by atoms with Crippen molar-refractivity contribution in [3.8, 4) is 0 Å². The molecule has 2 aromatic carbocycles. The van der Waals surface area contributed by atoms with E-state index in [1.807, 2.05) is 36.5 Å². The summed E-state index contributed by atoms with van der Waals surface area (Å²) in [6.07, 6.45) is 4.64. The number of benzene rings is 2. The monoisotopic (exact) mass is 403 g/mol. The Kier molecular flexibility index (Phi) is 5.62. The molecule has 0 aliphatic carbocycles. The molecule has 1 amide bonds. The normalized spacial score (nSPS) is 11.3. The van der Waals surface area contributed by atoms with E-state index in [1.54, 1.807) is 10.9 Å². The first-order valence-corrected chi connectivity index (χ1v) is 10.4. The fourth-order valence-corrected chi connectivity index (χ4v) is 3.96. The number of hydrogen-bond acceptors (Lipinski definition) is 4. The third-order valence-corrected chi connectivity index (χ3v) is 5.62. The Morgan fingerprint density at radius 1 is 1.15 bits per heavy atom. The Balaban J connectivity index is 1.75. The summed E-state index contributed by atoms with van der Waals surface area (Å²) in [5.41, 5.74) is 2.23. The highest BCUT2D eigenvalue weighted by Crippen LogP contribution is 2.22. The van der Waals surface area contributed by atoms with Gasteiger partial charge in [-0.3, -0.25) is 9.48 Å². The molecule has 0 radical (unpaired) electrons. The zero-order chi connectivity index (χ0) is 19.4. The highest BCUT2D eigenvalue weighted by Gasteiger charge is 2.16. The smallest absolute Gasteiger partial charge is 0.251 e. The van der Waals surface area contributed by atoms with Crippen molar-refractivity contribution in [3.63, 3.8) is 0 Å². The van der Waals surface area contributed by atoms with Crippen LogP contribution in [0.15, 0.2) is 65.8 Å². The molecule has 1 aromatic heterocycles. The molecule has 0 saturated carbocycles. The molecular formula is C19H18ClN3O3S. The molecule has 1 heterocycles. The molecule has 6 nitrogen and oxygen atoms in total. The highest BCUT2D eigenvalue weighted by molar-refractivity contribution is 7.90. The maximum absolute atomic E-state index is 12.5. The van der Waals surface area contributed by atoms with Crippen molar-refractivity contribution in [2.75, 3.05) is 6.26 Å². The predicted octanol–water partition coefficient (Wildman–Crippen LogP) is 2.92. The van der Waals surface area contributed by atoms with Crippen molar-refractivity contribution in [2.45, 2.75) is 18.0 Å². The molecule has 0 aliphatic heterocycles. The summed E-state index contributed by atoms with van der Waals surface area (Å²) >= 11 is 5.93. The van der Waals surface area contributed by atoms with Crippen LogP contribution in [0.5, 0.6) is 0 Å². The van der Waals surface area contributed by atoms with Gasteiger partial charge in [0.05, 0.1) is 16.5 Å². The van der Waals surface area contributed by atoms with E-state index in [0.717, 1.165) is 17.4 Å². The second kappa shape index (κ2) is 7.94. The van der Waals surface area contributed by atoms with Gasteiger partial charge in [0.25, 0.3) is 5.91 Å². The Morgan fingerprint density at radius 3 is 2.56 bits per heavy atom. The van der Waals surface area contributed by atoms with E-state index in [2.05, 4.69) is 10.4 Å². The summed E-state index contributed by atoms with van der Waals surface area (Å²) in [5.74, 6) is -0.370. The third-order valence-electron chi connectivity index (χ3n) is 4.04. The molecule has 0 spiro atoms. The summed E-state index contributed by atoms with van der Waals surface area (Å²) in [4.78, 5) is 12.4. The number of hydrogen-bond donors (Lipinski definition) is 1. The summed E-state index contributed by atoms with van der Waals surface area (Å²) < 4.78 is 25.4. The number of rotatable bonds is 6. The van der Waals surface area contributed by atoms with Crippen molar-refractivity contribution in [1.29, 1.82) is 0 Å². The first kappa shape index (κ1) is 19.1. The van der Waals surface area contributed by atoms with Crippen LogP contribution in [0.3, 0.4) is 0 Å². The van der Waals surface area contributed by atoms with Crippen molar-refractivity contribution < 1.29 is 13.2 Å². The number of nitrogens with zero attached hydrogens (tertiary/aromatic N) is 2. The topological polar surface area (TPSA) is 81.1 Å². The average Bonchev–Trinajstić information content (AvgIpc) is 3.13. The van der Waals surface area contributed by atoms with E-state index in [1.165, 1.54) is 18.2 Å². The zero-order valence-corrected chi connectivity index (χ0v) is 16.2. The highest BCUT2D eigenvalue weighted by atomic mass is 35.5. The van der Waals surface area contributed by atoms with Gasteiger partial charge in [0, 0.05) is 30.8 Å². The van der Waals surface area contributed by atoms with Crippen LogP contribution in [0.25, 0.3) is 0 Å². The number of carbonyl (C=O) groups is 1. The van der Waals surface area contributed by atoms with E-state index in [4.69, 9.17) is 11.6 Å². The van der Waals surface area contributed by atoms with Crippen LogP contribution in [0.4, 0.5) is 0 Å². The Hall–Kier alpha value is -2.64.